The van der Waals surface area contributed by atoms with E-state index in [0.29, 0.717) is 41.8 Å². The Hall–Kier alpha value is -6.38. The largest absolute Gasteiger partial charge is 0.489 e. The Kier molecular flexibility index (Phi) is 9.15. The van der Waals surface area contributed by atoms with E-state index in [1.54, 1.807) is 36.8 Å². The van der Waals surface area contributed by atoms with Gasteiger partial charge in [-0.3, -0.25) is 4.98 Å². The second-order valence-electron chi connectivity index (χ2n) is 10.9. The van der Waals surface area contributed by atoms with Gasteiger partial charge < -0.3 is 14.4 Å². The zero-order valence-corrected chi connectivity index (χ0v) is 25.4. The maximum Gasteiger partial charge on any atom is 0.323 e. The van der Waals surface area contributed by atoms with E-state index in [1.165, 1.54) is 6.07 Å². The van der Waals surface area contributed by atoms with Crippen molar-refractivity contribution in [1.82, 2.24) is 34.7 Å². The summed E-state index contributed by atoms with van der Waals surface area (Å²) in [5.74, 6) is -0.142. The summed E-state index contributed by atoms with van der Waals surface area (Å²) in [5.41, 5.74) is -1.65. The molecule has 0 aliphatic rings. The Labute approximate surface area is 276 Å². The van der Waals surface area contributed by atoms with Crippen LogP contribution >= 0.6 is 0 Å². The van der Waals surface area contributed by atoms with Gasteiger partial charge in [0, 0.05) is 41.7 Å². The van der Waals surface area contributed by atoms with Gasteiger partial charge in [0.25, 0.3) is 0 Å². The summed E-state index contributed by atoms with van der Waals surface area (Å²) in [6.07, 6.45) is 5.39. The summed E-state index contributed by atoms with van der Waals surface area (Å²) < 4.78 is 68.7. The first-order valence-electron chi connectivity index (χ1n) is 14.6. The van der Waals surface area contributed by atoms with E-state index in [-0.39, 0.29) is 0 Å². The first kappa shape index (κ1) is 32.6. The summed E-state index contributed by atoms with van der Waals surface area (Å²) >= 11 is 0. The van der Waals surface area contributed by atoms with Crippen LogP contribution in [0, 0.1) is 34.8 Å². The molecule has 1 unspecified atom stereocenters. The molecule has 0 spiro atoms. The molecule has 0 radical (unpaired) electrons. The zero-order valence-electron chi connectivity index (χ0n) is 25.4. The van der Waals surface area contributed by atoms with Crippen LogP contribution in [0.25, 0.3) is 0 Å². The average Bonchev–Trinajstić information content (AvgIpc) is 3.79. The molecular formula is C35H24F4N8O2. The maximum absolute atomic E-state index is 16.0. The van der Waals surface area contributed by atoms with Crippen molar-refractivity contribution >= 4 is 0 Å². The molecule has 244 valence electrons. The number of imidazole rings is 1. The van der Waals surface area contributed by atoms with Crippen LogP contribution in [-0.2, 0) is 31.2 Å². The molecule has 6 rings (SSSR count). The summed E-state index contributed by atoms with van der Waals surface area (Å²) in [7, 11) is 0. The van der Waals surface area contributed by atoms with Crippen LogP contribution in [0.15, 0.2) is 104 Å². The Morgan fingerprint density at radius 1 is 0.857 bits per heavy atom. The lowest BCUT2D eigenvalue weighted by molar-refractivity contribution is -0.207. The van der Waals surface area contributed by atoms with Crippen LogP contribution in [-0.4, -0.2) is 39.8 Å². The van der Waals surface area contributed by atoms with Crippen LogP contribution < -0.4 is 4.74 Å². The summed E-state index contributed by atoms with van der Waals surface area (Å²) in [6.45, 7) is -0.0181. The van der Waals surface area contributed by atoms with Crippen LogP contribution in [0.3, 0.4) is 0 Å². The van der Waals surface area contributed by atoms with Crippen LogP contribution in [0.1, 0.15) is 39.2 Å². The van der Waals surface area contributed by atoms with Crippen molar-refractivity contribution in [3.63, 3.8) is 0 Å². The van der Waals surface area contributed by atoms with Gasteiger partial charge >= 0.3 is 5.92 Å². The smallest absolute Gasteiger partial charge is 0.323 e. The number of aromatic nitrogens is 7. The second-order valence-corrected chi connectivity index (χ2v) is 10.9. The predicted molar refractivity (Wildman–Crippen MR) is 165 cm³/mol. The van der Waals surface area contributed by atoms with Gasteiger partial charge in [0.05, 0.1) is 12.9 Å². The van der Waals surface area contributed by atoms with E-state index in [0.717, 1.165) is 46.5 Å². The fraction of sp³-hybridized carbons (Fsp3) is 0.143. The molecule has 0 aliphatic heterocycles. The monoisotopic (exact) mass is 664 g/mol. The lowest BCUT2D eigenvalue weighted by atomic mass is 9.84. The van der Waals surface area contributed by atoms with Gasteiger partial charge in [-0.2, -0.15) is 14.0 Å². The van der Waals surface area contributed by atoms with Gasteiger partial charge in [-0.25, -0.2) is 18.4 Å². The number of ether oxygens (including phenoxy) is 1. The van der Waals surface area contributed by atoms with E-state index >= 15 is 8.78 Å². The van der Waals surface area contributed by atoms with Crippen LogP contribution in [0.5, 0.6) is 5.75 Å². The Balaban J connectivity index is 1.10. The molecule has 0 bridgehead atoms. The minimum atomic E-state index is -4.18. The molecule has 0 amide bonds. The summed E-state index contributed by atoms with van der Waals surface area (Å²) in [4.78, 5) is 7.82. The van der Waals surface area contributed by atoms with E-state index in [1.807, 2.05) is 34.9 Å². The minimum absolute atomic E-state index is 0.304. The highest BCUT2D eigenvalue weighted by atomic mass is 19.3. The molecular weight excluding hydrogens is 640 g/mol. The maximum atomic E-state index is 16.0. The number of alkyl halides is 2. The minimum Gasteiger partial charge on any atom is -0.489 e. The molecule has 0 saturated carbocycles. The normalized spacial score (nSPS) is 12.4. The molecule has 3 aromatic carbocycles. The average molecular weight is 665 g/mol. The van der Waals surface area contributed by atoms with Gasteiger partial charge in [-0.15, -0.1) is 5.10 Å². The number of rotatable bonds is 10. The number of tetrazole rings is 1. The van der Waals surface area contributed by atoms with E-state index in [4.69, 9.17) is 10.00 Å². The molecule has 0 saturated heterocycles. The number of aliphatic hydroxyl groups is 1. The lowest BCUT2D eigenvalue weighted by Gasteiger charge is -2.35. The number of benzene rings is 3. The number of nitrogens with zero attached hydrogens (tertiary/aromatic N) is 8. The lowest BCUT2D eigenvalue weighted by Crippen LogP contribution is -2.48. The quantitative estimate of drug-likeness (QED) is 0.158. The van der Waals surface area contributed by atoms with Crippen molar-refractivity contribution in [2.45, 2.75) is 31.2 Å². The van der Waals surface area contributed by atoms with Gasteiger partial charge in [-0.1, -0.05) is 36.1 Å². The Morgan fingerprint density at radius 3 is 2.24 bits per heavy atom. The highest BCUT2D eigenvalue weighted by molar-refractivity contribution is 5.44. The summed E-state index contributed by atoms with van der Waals surface area (Å²) in [6, 6.07) is 21.1. The third kappa shape index (κ3) is 7.30. The second kappa shape index (κ2) is 13.8. The first-order valence-corrected chi connectivity index (χ1v) is 14.6. The fourth-order valence-corrected chi connectivity index (χ4v) is 4.93. The highest BCUT2D eigenvalue weighted by Crippen LogP contribution is 2.46. The van der Waals surface area contributed by atoms with Gasteiger partial charge in [0.2, 0.25) is 0 Å². The molecule has 1 atom stereocenters. The molecule has 10 nitrogen and oxygen atoms in total. The molecule has 1 N–H and O–H groups in total. The number of nitriles is 1. The Bertz CT molecular complexity index is 2150. The van der Waals surface area contributed by atoms with Crippen molar-refractivity contribution in [2.75, 3.05) is 0 Å². The molecule has 14 heteroatoms. The number of hydrogen-bond donors (Lipinski definition) is 1. The van der Waals surface area contributed by atoms with Gasteiger partial charge in [-0.05, 0) is 70.1 Å². The molecule has 49 heavy (non-hydrogen) atoms. The Morgan fingerprint density at radius 2 is 1.59 bits per heavy atom. The molecule has 0 fully saturated rings. The van der Waals surface area contributed by atoms with Crippen LogP contribution in [0.4, 0.5) is 17.6 Å². The molecule has 0 aliphatic carbocycles. The number of halogens is 4. The fourth-order valence-electron chi connectivity index (χ4n) is 4.93. The summed E-state index contributed by atoms with van der Waals surface area (Å²) in [5, 5.41) is 30.5. The van der Waals surface area contributed by atoms with Crippen molar-refractivity contribution in [3.05, 3.63) is 155 Å². The topological polar surface area (TPSA) is 128 Å². The van der Waals surface area contributed by atoms with Crippen molar-refractivity contribution < 1.29 is 27.4 Å². The van der Waals surface area contributed by atoms with Crippen molar-refractivity contribution in [3.8, 4) is 23.7 Å². The van der Waals surface area contributed by atoms with E-state index in [9.17, 15) is 13.9 Å². The third-order valence-corrected chi connectivity index (χ3v) is 7.51. The first-order chi connectivity index (χ1) is 23.6. The predicted octanol–water partition coefficient (Wildman–Crippen LogP) is 5.12. The van der Waals surface area contributed by atoms with Crippen molar-refractivity contribution in [1.29, 1.82) is 5.26 Å². The highest BCUT2D eigenvalue weighted by Gasteiger charge is 2.58. The van der Waals surface area contributed by atoms with E-state index < -0.39 is 41.0 Å². The molecule has 6 aromatic rings. The SMILES string of the molecule is N#Cc1cn(Cc2ccc(COc3ccc(C#Cc4ccc(C(F)(F)C(O)(Cn5cnnn5)c5ccc(F)cc5F)nc4)cc3)cc2)cn1. The number of hydrogen-bond acceptors (Lipinski definition) is 8. The van der Waals surface area contributed by atoms with E-state index in [2.05, 4.69) is 37.3 Å². The molecule has 3 aromatic heterocycles. The number of pyridine rings is 1. The zero-order chi connectivity index (χ0) is 34.4. The van der Waals surface area contributed by atoms with Gasteiger partial charge in [0.15, 0.2) is 11.3 Å². The van der Waals surface area contributed by atoms with Crippen LogP contribution in [0.2, 0.25) is 0 Å². The molecule has 3 heterocycles. The van der Waals surface area contributed by atoms with Crippen molar-refractivity contribution in [2.24, 2.45) is 0 Å². The third-order valence-electron chi connectivity index (χ3n) is 7.51. The van der Waals surface area contributed by atoms with Gasteiger partial charge in [0.1, 0.15) is 42.1 Å². The standard InChI is InChI=1S/C35H24F4N8O2/c36-28-10-13-31(32(37)15-28)34(48,21-47-23-43-44-45-47)35(38,39)33-14-9-25(17-41-33)2-1-24-7-11-30(12-8-24)49-20-27-5-3-26(4-6-27)18-46-19-29(16-40)42-22-46/h3-15,17,19,22-23,48H,18,20-21H2.